The minimum Gasteiger partial charge on any atom is -0.485 e. The van der Waals surface area contributed by atoms with Crippen LogP contribution in [0.3, 0.4) is 0 Å². The molecule has 0 saturated carbocycles. The van der Waals surface area contributed by atoms with E-state index in [1.165, 1.54) is 11.0 Å². The number of imidazole rings is 1. The lowest BCUT2D eigenvalue weighted by atomic mass is 10.1. The molecule has 3 amide bonds. The van der Waals surface area contributed by atoms with Gasteiger partial charge >= 0.3 is 0 Å². The van der Waals surface area contributed by atoms with Crippen LogP contribution in [-0.4, -0.2) is 47.2 Å². The van der Waals surface area contributed by atoms with E-state index in [0.29, 0.717) is 39.8 Å². The fourth-order valence-corrected chi connectivity index (χ4v) is 5.00. The van der Waals surface area contributed by atoms with Crippen molar-refractivity contribution in [1.82, 2.24) is 20.0 Å². The molecule has 0 saturated heterocycles. The van der Waals surface area contributed by atoms with Gasteiger partial charge in [-0.25, -0.2) is 4.98 Å². The Hall–Kier alpha value is -3.86. The summed E-state index contributed by atoms with van der Waals surface area (Å²) in [7, 11) is 1.56. The molecule has 42 heavy (non-hydrogen) atoms. The minimum absolute atomic E-state index is 0.0442. The number of nitrogens with zero attached hydrogens (tertiary/aromatic N) is 3. The number of aromatic nitrogens is 2. The summed E-state index contributed by atoms with van der Waals surface area (Å²) in [4.78, 5) is 43.0. The molecule has 4 rings (SSSR count). The molecule has 218 valence electrons. The van der Waals surface area contributed by atoms with E-state index in [1.54, 1.807) is 55.6 Å². The molecule has 4 aromatic rings. The smallest absolute Gasteiger partial charge is 0.251 e. The topological polar surface area (TPSA) is 105 Å². The summed E-state index contributed by atoms with van der Waals surface area (Å²) in [6.45, 7) is 4.06. The van der Waals surface area contributed by atoms with Crippen LogP contribution < -0.4 is 20.3 Å². The molecule has 0 aliphatic carbocycles. The van der Waals surface area contributed by atoms with Crippen LogP contribution in [0.4, 0.5) is 5.69 Å². The summed E-state index contributed by atoms with van der Waals surface area (Å²) in [6, 6.07) is 13.7. The fraction of sp³-hybridized carbons (Fsp3) is 0.200. The summed E-state index contributed by atoms with van der Waals surface area (Å²) in [5.74, 6) is -0.455. The summed E-state index contributed by atoms with van der Waals surface area (Å²) < 4.78 is 8.74. The Bertz CT molecular complexity index is 1670. The quantitative estimate of drug-likeness (QED) is 0.206. The normalized spacial score (nSPS) is 11.1. The highest BCUT2D eigenvalue weighted by atomic mass is 79.9. The molecule has 0 atom stereocenters. The lowest BCUT2D eigenvalue weighted by Crippen LogP contribution is -2.37. The second-order valence-electron chi connectivity index (χ2n) is 9.19. The van der Waals surface area contributed by atoms with Gasteiger partial charge in [-0.1, -0.05) is 35.3 Å². The number of rotatable bonds is 10. The molecule has 0 spiro atoms. The van der Waals surface area contributed by atoms with Gasteiger partial charge in [-0.2, -0.15) is 0 Å². The molecule has 0 fully saturated rings. The second-order valence-corrected chi connectivity index (χ2v) is 10.7. The predicted octanol–water partition coefficient (Wildman–Crippen LogP) is 5.83. The van der Waals surface area contributed by atoms with Crippen LogP contribution >= 0.6 is 39.1 Å². The number of fused-ring (bicyclic) bond motifs is 1. The molecule has 0 bridgehead atoms. The van der Waals surface area contributed by atoms with Crippen LogP contribution in [-0.2, 0) is 16.2 Å². The summed E-state index contributed by atoms with van der Waals surface area (Å²) in [5.41, 5.74) is 3.64. The fourth-order valence-electron chi connectivity index (χ4n) is 4.02. The van der Waals surface area contributed by atoms with Crippen molar-refractivity contribution in [3.63, 3.8) is 0 Å². The Morgan fingerprint density at radius 2 is 1.83 bits per heavy atom. The van der Waals surface area contributed by atoms with E-state index in [0.717, 1.165) is 15.9 Å². The van der Waals surface area contributed by atoms with Gasteiger partial charge in [0.1, 0.15) is 11.2 Å². The van der Waals surface area contributed by atoms with Crippen LogP contribution in [0.2, 0.25) is 10.0 Å². The number of carbonyl (C=O) groups excluding carboxylic acids is 3. The highest BCUT2D eigenvalue weighted by molar-refractivity contribution is 9.10. The monoisotopic (exact) mass is 671 g/mol. The molecule has 2 N–H and O–H groups in total. The van der Waals surface area contributed by atoms with E-state index in [2.05, 4.69) is 31.5 Å². The van der Waals surface area contributed by atoms with Crippen LogP contribution in [0.25, 0.3) is 11.7 Å². The number of carbonyl (C=O) groups is 3. The number of halogens is 3. The first kappa shape index (κ1) is 31.1. The Kier molecular flexibility index (Phi) is 10.3. The molecule has 12 heteroatoms. The molecule has 2 heterocycles. The molecule has 0 aliphatic heterocycles. The van der Waals surface area contributed by atoms with E-state index in [-0.39, 0.29) is 30.0 Å². The molecular weight excluding hydrogens is 645 g/mol. The third-order valence-corrected chi connectivity index (χ3v) is 8.07. The van der Waals surface area contributed by atoms with E-state index in [1.807, 2.05) is 30.5 Å². The number of hydrogen-bond donors (Lipinski definition) is 2. The van der Waals surface area contributed by atoms with Gasteiger partial charge in [-0.15, -0.1) is 0 Å². The number of aryl methyl sites for hydroxylation is 1. The first-order valence-corrected chi connectivity index (χ1v) is 14.5. The zero-order valence-electron chi connectivity index (χ0n) is 23.1. The molecular formula is C30H28BrCl2N5O4. The van der Waals surface area contributed by atoms with Crippen molar-refractivity contribution in [3.8, 4) is 5.75 Å². The molecule has 0 unspecified atom stereocenters. The van der Waals surface area contributed by atoms with Crippen molar-refractivity contribution in [3.05, 3.63) is 97.8 Å². The summed E-state index contributed by atoms with van der Waals surface area (Å²) in [5, 5.41) is 5.95. The van der Waals surface area contributed by atoms with E-state index >= 15 is 0 Å². The van der Waals surface area contributed by atoms with Crippen LogP contribution in [0.5, 0.6) is 5.75 Å². The van der Waals surface area contributed by atoms with Gasteiger partial charge in [-0.3, -0.25) is 18.8 Å². The van der Waals surface area contributed by atoms with Gasteiger partial charge in [0.05, 0.1) is 22.9 Å². The maximum absolute atomic E-state index is 12.9. The highest BCUT2D eigenvalue weighted by Gasteiger charge is 2.20. The van der Waals surface area contributed by atoms with Crippen LogP contribution in [0.1, 0.15) is 34.1 Å². The minimum atomic E-state index is -0.448. The maximum atomic E-state index is 12.9. The second kappa shape index (κ2) is 13.9. The Balaban J connectivity index is 1.37. The first-order valence-electron chi connectivity index (χ1n) is 12.9. The van der Waals surface area contributed by atoms with Gasteiger partial charge in [0, 0.05) is 42.0 Å². The number of pyridine rings is 1. The Morgan fingerprint density at radius 1 is 1.10 bits per heavy atom. The number of hydrogen-bond acceptors (Lipinski definition) is 5. The van der Waals surface area contributed by atoms with Gasteiger partial charge < -0.3 is 20.3 Å². The van der Waals surface area contributed by atoms with Crippen molar-refractivity contribution in [2.24, 2.45) is 0 Å². The molecule has 9 nitrogen and oxygen atoms in total. The Morgan fingerprint density at radius 3 is 2.55 bits per heavy atom. The summed E-state index contributed by atoms with van der Waals surface area (Å²) in [6.07, 6.45) is 4.78. The van der Waals surface area contributed by atoms with Gasteiger partial charge in [0.2, 0.25) is 11.8 Å². The van der Waals surface area contributed by atoms with Gasteiger partial charge in [0.15, 0.2) is 11.4 Å². The molecule has 0 aliphatic rings. The third-order valence-electron chi connectivity index (χ3n) is 6.34. The van der Waals surface area contributed by atoms with E-state index < -0.39 is 5.91 Å². The van der Waals surface area contributed by atoms with Crippen molar-refractivity contribution < 1.29 is 19.1 Å². The third kappa shape index (κ3) is 7.13. The molecule has 2 aromatic heterocycles. The number of anilines is 1. The van der Waals surface area contributed by atoms with Crippen LogP contribution in [0, 0.1) is 6.92 Å². The van der Waals surface area contributed by atoms with Crippen molar-refractivity contribution in [2.75, 3.05) is 25.0 Å². The van der Waals surface area contributed by atoms with Crippen molar-refractivity contribution in [1.29, 1.82) is 0 Å². The standard InChI is InChI=1S/C30H28BrCl2N5O4/c1-4-34-30(41)20-10-7-19(8-11-20)9-14-25(39)35-16-26(40)37(3)23-13-12-22(32)21(27(23)33)17-42-24-6-5-15-38-28(31)18(2)36-29(24)38/h5-15H,4,16-17H2,1-3H3,(H,34,41)(H,35,39). The summed E-state index contributed by atoms with van der Waals surface area (Å²) >= 11 is 16.6. The lowest BCUT2D eigenvalue weighted by Gasteiger charge is -2.21. The zero-order chi connectivity index (χ0) is 30.4. The molecule has 0 radical (unpaired) electrons. The number of ether oxygens (including phenoxy) is 1. The van der Waals surface area contributed by atoms with Crippen molar-refractivity contribution in [2.45, 2.75) is 20.5 Å². The van der Waals surface area contributed by atoms with Gasteiger partial charge in [0.25, 0.3) is 5.91 Å². The number of benzene rings is 2. The van der Waals surface area contributed by atoms with E-state index in [4.69, 9.17) is 27.9 Å². The Labute approximate surface area is 261 Å². The maximum Gasteiger partial charge on any atom is 0.251 e. The molecule has 2 aromatic carbocycles. The first-order chi connectivity index (χ1) is 20.1. The number of amides is 3. The number of likely N-dealkylation sites (N-methyl/N-ethyl adjacent to an activating group) is 1. The number of nitrogens with one attached hydrogen (secondary N) is 2. The van der Waals surface area contributed by atoms with Crippen molar-refractivity contribution >= 4 is 74.3 Å². The largest absolute Gasteiger partial charge is 0.485 e. The average molecular weight is 673 g/mol. The van der Waals surface area contributed by atoms with E-state index in [9.17, 15) is 14.4 Å². The van der Waals surface area contributed by atoms with Crippen LogP contribution in [0.15, 0.2) is 65.4 Å². The predicted molar refractivity (Wildman–Crippen MR) is 168 cm³/mol. The zero-order valence-corrected chi connectivity index (χ0v) is 26.2. The SMILES string of the molecule is CCNC(=O)c1ccc(C=CC(=O)NCC(=O)N(C)c2ccc(Cl)c(COc3cccn4c(Br)c(C)nc34)c2Cl)cc1. The highest BCUT2D eigenvalue weighted by Crippen LogP contribution is 2.35. The van der Waals surface area contributed by atoms with Gasteiger partial charge in [-0.05, 0) is 77.8 Å². The lowest BCUT2D eigenvalue weighted by molar-refractivity contribution is -0.122. The average Bonchev–Trinajstić information content (AvgIpc) is 3.28.